The van der Waals surface area contributed by atoms with Gasteiger partial charge in [-0.05, 0) is 28.3 Å². The first-order valence-corrected chi connectivity index (χ1v) is 9.78. The zero-order valence-corrected chi connectivity index (χ0v) is 16.1. The molecule has 1 fully saturated rings. The third kappa shape index (κ3) is 4.69. The molecule has 1 aliphatic rings. The lowest BCUT2D eigenvalue weighted by Gasteiger charge is -2.16. The lowest BCUT2D eigenvalue weighted by molar-refractivity contribution is -0.129. The summed E-state index contributed by atoms with van der Waals surface area (Å²) in [5.41, 5.74) is 4.32. The van der Waals surface area contributed by atoms with Crippen LogP contribution in [0.4, 0.5) is 0 Å². The second-order valence-corrected chi connectivity index (χ2v) is 7.32. The predicted molar refractivity (Wildman–Crippen MR) is 111 cm³/mol. The van der Waals surface area contributed by atoms with Crippen LogP contribution in [0.1, 0.15) is 17.5 Å². The molecule has 0 radical (unpaired) electrons. The van der Waals surface area contributed by atoms with Gasteiger partial charge in [-0.3, -0.25) is 14.6 Å². The molecule has 0 saturated carbocycles. The average Bonchev–Trinajstić information content (AvgIpc) is 3.14. The Morgan fingerprint density at radius 2 is 1.72 bits per heavy atom. The molecule has 3 aromatic rings. The van der Waals surface area contributed by atoms with Crippen LogP contribution in [0.25, 0.3) is 11.1 Å². The minimum absolute atomic E-state index is 0.0150. The molecule has 2 aromatic carbocycles. The van der Waals surface area contributed by atoms with E-state index in [1.54, 1.807) is 17.3 Å². The van der Waals surface area contributed by atoms with Gasteiger partial charge in [-0.15, -0.1) is 0 Å². The molecule has 1 aliphatic heterocycles. The van der Waals surface area contributed by atoms with Gasteiger partial charge in [0.1, 0.15) is 0 Å². The molecule has 146 valence electrons. The van der Waals surface area contributed by atoms with Crippen LogP contribution in [0.2, 0.25) is 0 Å². The second-order valence-electron chi connectivity index (χ2n) is 7.32. The van der Waals surface area contributed by atoms with Gasteiger partial charge in [0.05, 0.1) is 5.92 Å². The van der Waals surface area contributed by atoms with Crippen molar-refractivity contribution in [1.82, 2.24) is 15.2 Å². The SMILES string of the molecule is O=C(NCc1ccc(-c2ccccc2)cc1)C1CC(=O)N(Cc2cccnc2)C1. The van der Waals surface area contributed by atoms with Crippen molar-refractivity contribution in [3.8, 4) is 11.1 Å². The maximum atomic E-state index is 12.5. The van der Waals surface area contributed by atoms with Crippen molar-refractivity contribution in [2.45, 2.75) is 19.5 Å². The van der Waals surface area contributed by atoms with Crippen LogP contribution in [0.5, 0.6) is 0 Å². The van der Waals surface area contributed by atoms with Crippen LogP contribution >= 0.6 is 0 Å². The zero-order valence-electron chi connectivity index (χ0n) is 16.1. The van der Waals surface area contributed by atoms with Crippen molar-refractivity contribution in [1.29, 1.82) is 0 Å². The van der Waals surface area contributed by atoms with Gasteiger partial charge in [0.2, 0.25) is 11.8 Å². The summed E-state index contributed by atoms with van der Waals surface area (Å²) in [5, 5.41) is 2.97. The highest BCUT2D eigenvalue weighted by atomic mass is 16.2. The molecule has 29 heavy (non-hydrogen) atoms. The molecule has 1 atom stereocenters. The Kier molecular flexibility index (Phi) is 5.66. The minimum Gasteiger partial charge on any atom is -0.352 e. The Bertz CT molecular complexity index is 972. The van der Waals surface area contributed by atoms with E-state index in [9.17, 15) is 9.59 Å². The first kappa shape index (κ1) is 18.9. The van der Waals surface area contributed by atoms with Crippen LogP contribution in [-0.2, 0) is 22.7 Å². The van der Waals surface area contributed by atoms with Gasteiger partial charge in [-0.2, -0.15) is 0 Å². The molecule has 1 unspecified atom stereocenters. The van der Waals surface area contributed by atoms with Gasteiger partial charge in [0.25, 0.3) is 0 Å². The highest BCUT2D eigenvalue weighted by Crippen LogP contribution is 2.21. The Labute approximate surface area is 170 Å². The largest absolute Gasteiger partial charge is 0.352 e. The van der Waals surface area contributed by atoms with Crippen molar-refractivity contribution in [2.75, 3.05) is 6.54 Å². The van der Waals surface area contributed by atoms with Gasteiger partial charge in [0.15, 0.2) is 0 Å². The summed E-state index contributed by atoms with van der Waals surface area (Å²) < 4.78 is 0. The van der Waals surface area contributed by atoms with Crippen molar-refractivity contribution in [3.05, 3.63) is 90.3 Å². The fourth-order valence-corrected chi connectivity index (χ4v) is 3.59. The highest BCUT2D eigenvalue weighted by molar-refractivity contribution is 5.89. The zero-order chi connectivity index (χ0) is 20.1. The third-order valence-corrected chi connectivity index (χ3v) is 5.21. The summed E-state index contributed by atoms with van der Waals surface area (Å²) >= 11 is 0. The van der Waals surface area contributed by atoms with Crippen LogP contribution in [-0.4, -0.2) is 28.2 Å². The maximum absolute atomic E-state index is 12.5. The molecule has 5 nitrogen and oxygen atoms in total. The molecule has 4 rings (SSSR count). The molecular formula is C24H23N3O2. The van der Waals surface area contributed by atoms with Crippen molar-refractivity contribution >= 4 is 11.8 Å². The molecule has 2 heterocycles. The van der Waals surface area contributed by atoms with Crippen molar-refractivity contribution < 1.29 is 9.59 Å². The first-order valence-electron chi connectivity index (χ1n) is 9.78. The Morgan fingerprint density at radius 3 is 2.45 bits per heavy atom. The molecule has 5 heteroatoms. The minimum atomic E-state index is -0.303. The van der Waals surface area contributed by atoms with Crippen molar-refractivity contribution in [2.24, 2.45) is 5.92 Å². The Hall–Kier alpha value is -3.47. The van der Waals surface area contributed by atoms with Gasteiger partial charge >= 0.3 is 0 Å². The molecule has 0 aliphatic carbocycles. The van der Waals surface area contributed by atoms with E-state index in [0.717, 1.165) is 16.7 Å². The quantitative estimate of drug-likeness (QED) is 0.707. The van der Waals surface area contributed by atoms with Gasteiger partial charge in [-0.25, -0.2) is 0 Å². The summed E-state index contributed by atoms with van der Waals surface area (Å²) in [7, 11) is 0. The molecular weight excluding hydrogens is 362 g/mol. The van der Waals surface area contributed by atoms with E-state index in [1.807, 2.05) is 42.5 Å². The summed E-state index contributed by atoms with van der Waals surface area (Å²) in [6.45, 7) is 1.41. The lowest BCUT2D eigenvalue weighted by atomic mass is 10.0. The number of nitrogens with one attached hydrogen (secondary N) is 1. The van der Waals surface area contributed by atoms with Gasteiger partial charge < -0.3 is 10.2 Å². The number of rotatable bonds is 6. The molecule has 0 bridgehead atoms. The number of pyridine rings is 1. The number of nitrogens with zero attached hydrogens (tertiary/aromatic N) is 2. The predicted octanol–water partition coefficient (Wildman–Crippen LogP) is 3.41. The van der Waals surface area contributed by atoms with E-state index < -0.39 is 0 Å². The van der Waals surface area contributed by atoms with E-state index in [0.29, 0.717) is 19.6 Å². The van der Waals surface area contributed by atoms with Crippen LogP contribution < -0.4 is 5.32 Å². The smallest absolute Gasteiger partial charge is 0.225 e. The van der Waals surface area contributed by atoms with E-state index >= 15 is 0 Å². The standard InChI is InChI=1S/C24H23N3O2/c28-23-13-22(17-27(23)16-19-5-4-12-25-14-19)24(29)26-15-18-8-10-21(11-9-18)20-6-2-1-3-7-20/h1-12,14,22H,13,15-17H2,(H,26,29). The summed E-state index contributed by atoms with van der Waals surface area (Å²) in [5.74, 6) is -0.358. The molecule has 1 N–H and O–H groups in total. The summed E-state index contributed by atoms with van der Waals surface area (Å²) in [6, 6.07) is 22.1. The number of hydrogen-bond donors (Lipinski definition) is 1. The first-order chi connectivity index (χ1) is 14.2. The molecule has 1 saturated heterocycles. The lowest BCUT2D eigenvalue weighted by Crippen LogP contribution is -2.32. The van der Waals surface area contributed by atoms with Gasteiger partial charge in [-0.1, -0.05) is 60.7 Å². The van der Waals surface area contributed by atoms with E-state index in [2.05, 4.69) is 34.6 Å². The fourth-order valence-electron chi connectivity index (χ4n) is 3.59. The number of carbonyl (C=O) groups excluding carboxylic acids is 2. The number of likely N-dealkylation sites (tertiary alicyclic amines) is 1. The summed E-state index contributed by atoms with van der Waals surface area (Å²) in [4.78, 5) is 30.6. The normalized spacial score (nSPS) is 16.1. The van der Waals surface area contributed by atoms with Gasteiger partial charge in [0, 0.05) is 38.4 Å². The number of carbonyl (C=O) groups is 2. The van der Waals surface area contributed by atoms with Crippen LogP contribution in [0, 0.1) is 5.92 Å². The Balaban J connectivity index is 1.30. The average molecular weight is 385 g/mol. The van der Waals surface area contributed by atoms with E-state index in [-0.39, 0.29) is 24.2 Å². The topological polar surface area (TPSA) is 62.3 Å². The van der Waals surface area contributed by atoms with Crippen molar-refractivity contribution in [3.63, 3.8) is 0 Å². The fraction of sp³-hybridized carbons (Fsp3) is 0.208. The second kappa shape index (κ2) is 8.69. The van der Waals surface area contributed by atoms with E-state index in [4.69, 9.17) is 0 Å². The number of amides is 2. The number of hydrogen-bond acceptors (Lipinski definition) is 3. The summed E-state index contributed by atoms with van der Waals surface area (Å²) in [6.07, 6.45) is 3.72. The van der Waals surface area contributed by atoms with Crippen LogP contribution in [0.3, 0.4) is 0 Å². The van der Waals surface area contributed by atoms with Crippen LogP contribution in [0.15, 0.2) is 79.1 Å². The highest BCUT2D eigenvalue weighted by Gasteiger charge is 2.34. The van der Waals surface area contributed by atoms with E-state index in [1.165, 1.54) is 5.56 Å². The Morgan fingerprint density at radius 1 is 0.966 bits per heavy atom. The monoisotopic (exact) mass is 385 g/mol. The molecule has 1 aromatic heterocycles. The third-order valence-electron chi connectivity index (χ3n) is 5.21. The molecule has 2 amide bonds. The number of aromatic nitrogens is 1. The maximum Gasteiger partial charge on any atom is 0.225 e. The number of benzene rings is 2. The molecule has 0 spiro atoms.